The largest absolute Gasteiger partial charge is 0.472 e. The second-order valence-corrected chi connectivity index (χ2v) is 12.5. The number of thioether (sulfide) groups is 1. The van der Waals surface area contributed by atoms with E-state index >= 15 is 0 Å². The molecular weight excluding hydrogens is 529 g/mol. The van der Waals surface area contributed by atoms with E-state index in [9.17, 15) is 0 Å². The van der Waals surface area contributed by atoms with Crippen molar-refractivity contribution in [2.45, 2.75) is 62.4 Å². The summed E-state index contributed by atoms with van der Waals surface area (Å²) in [5.41, 5.74) is 9.89. The smallest absolute Gasteiger partial charge is 0.178 e. The molecule has 0 saturated heterocycles. The van der Waals surface area contributed by atoms with Crippen molar-refractivity contribution in [3.8, 4) is 16.9 Å². The molecule has 5 aromatic carbocycles. The predicted molar refractivity (Wildman–Crippen MR) is 180 cm³/mol. The van der Waals surface area contributed by atoms with Crippen LogP contribution >= 0.6 is 11.8 Å². The van der Waals surface area contributed by atoms with Crippen molar-refractivity contribution < 1.29 is 4.74 Å². The van der Waals surface area contributed by atoms with Gasteiger partial charge in [0.05, 0.1) is 0 Å². The maximum absolute atomic E-state index is 7.51. The summed E-state index contributed by atoms with van der Waals surface area (Å²) in [6.45, 7) is 7.00. The van der Waals surface area contributed by atoms with Gasteiger partial charge in [0.1, 0.15) is 5.75 Å². The van der Waals surface area contributed by atoms with Crippen LogP contribution in [0.1, 0.15) is 73.4 Å². The number of ether oxygens (including phenoxy) is 1. The second kappa shape index (κ2) is 10.5. The van der Waals surface area contributed by atoms with Gasteiger partial charge >= 0.3 is 0 Å². The predicted octanol–water partition coefficient (Wildman–Crippen LogP) is 11.0. The van der Waals surface area contributed by atoms with Crippen LogP contribution in [-0.2, 0) is 17.4 Å². The Balaban J connectivity index is 1.63. The summed E-state index contributed by atoms with van der Waals surface area (Å²) in [7, 11) is 0. The lowest BCUT2D eigenvalue weighted by Crippen LogP contribution is -2.35. The zero-order chi connectivity index (χ0) is 28.9. The van der Waals surface area contributed by atoms with E-state index in [0.717, 1.165) is 42.6 Å². The monoisotopic (exact) mass is 566 g/mol. The lowest BCUT2D eigenvalue weighted by atomic mass is 9.71. The highest BCUT2D eigenvalue weighted by molar-refractivity contribution is 7.98. The van der Waals surface area contributed by atoms with Crippen LogP contribution in [0.3, 0.4) is 0 Å². The van der Waals surface area contributed by atoms with Crippen molar-refractivity contribution in [1.29, 1.82) is 0 Å². The summed E-state index contributed by atoms with van der Waals surface area (Å²) in [5, 5.41) is 2.54. The average Bonchev–Trinajstić information content (AvgIpc) is 3.36. The van der Waals surface area contributed by atoms with Crippen LogP contribution < -0.4 is 4.74 Å². The van der Waals surface area contributed by atoms with Gasteiger partial charge in [0, 0.05) is 32.4 Å². The van der Waals surface area contributed by atoms with Crippen molar-refractivity contribution >= 4 is 28.6 Å². The summed E-state index contributed by atoms with van der Waals surface area (Å²) in [6, 6.07) is 35.5. The van der Waals surface area contributed by atoms with E-state index in [1.807, 2.05) is 11.8 Å². The van der Waals surface area contributed by atoms with Gasteiger partial charge in [-0.15, -0.1) is 11.8 Å². The molecule has 0 atom stereocenters. The molecule has 2 aliphatic rings. The SMILES string of the molecule is CCCc1cc2c3c(c4c(c2cc1SC)OC(c1ccccc1)(c1ccccc1)C=C4)C(CC)(CC)c1ccccc1-3. The topological polar surface area (TPSA) is 9.23 Å². The maximum Gasteiger partial charge on any atom is 0.178 e. The average molecular weight is 567 g/mol. The molecule has 0 bridgehead atoms. The summed E-state index contributed by atoms with van der Waals surface area (Å²) < 4.78 is 7.51. The molecule has 0 radical (unpaired) electrons. The summed E-state index contributed by atoms with van der Waals surface area (Å²) in [6.07, 6.45) is 11.2. The van der Waals surface area contributed by atoms with Gasteiger partial charge in [-0.2, -0.15) is 0 Å². The first-order chi connectivity index (χ1) is 20.6. The van der Waals surface area contributed by atoms with Crippen molar-refractivity contribution in [1.82, 2.24) is 0 Å². The molecule has 2 heteroatoms. The van der Waals surface area contributed by atoms with E-state index in [-0.39, 0.29) is 5.41 Å². The Bertz CT molecular complexity index is 1770. The molecule has 0 N–H and O–H groups in total. The fraction of sp³-hybridized carbons (Fsp3) is 0.250. The normalized spacial score (nSPS) is 15.6. The van der Waals surface area contributed by atoms with Crippen molar-refractivity contribution in [3.05, 3.63) is 137 Å². The summed E-state index contributed by atoms with van der Waals surface area (Å²) >= 11 is 1.85. The van der Waals surface area contributed by atoms with Crippen LogP contribution in [0.2, 0.25) is 0 Å². The lowest BCUT2D eigenvalue weighted by molar-refractivity contribution is 0.163. The van der Waals surface area contributed by atoms with Gasteiger partial charge in [-0.05, 0) is 76.9 Å². The van der Waals surface area contributed by atoms with E-state index < -0.39 is 5.60 Å². The first kappa shape index (κ1) is 27.1. The van der Waals surface area contributed by atoms with E-state index in [1.165, 1.54) is 49.0 Å². The van der Waals surface area contributed by atoms with Crippen LogP contribution in [0.5, 0.6) is 5.75 Å². The van der Waals surface area contributed by atoms with Gasteiger partial charge in [-0.25, -0.2) is 0 Å². The third kappa shape index (κ3) is 3.77. The maximum atomic E-state index is 7.51. The van der Waals surface area contributed by atoms with Crippen LogP contribution in [0.25, 0.3) is 28.0 Å². The number of benzene rings is 5. The molecule has 42 heavy (non-hydrogen) atoms. The standard InChI is InChI=1S/C40H38OS/c1-5-16-27-25-32-33(26-35(27)42-4)38-31(37-36(32)30-21-14-15-22-34(30)39(37,6-2)7-3)23-24-40(41-38,28-17-10-8-11-18-28)29-19-12-9-13-20-29/h8-15,17-26H,5-7,16H2,1-4H3. The van der Waals surface area contributed by atoms with Crippen molar-refractivity contribution in [2.75, 3.05) is 6.26 Å². The fourth-order valence-electron chi connectivity index (χ4n) is 7.73. The summed E-state index contributed by atoms with van der Waals surface area (Å²) in [5.74, 6) is 1.01. The van der Waals surface area contributed by atoms with Gasteiger partial charge in [0.25, 0.3) is 0 Å². The van der Waals surface area contributed by atoms with E-state index in [1.54, 1.807) is 0 Å². The Morgan fingerprint density at radius 2 is 1.38 bits per heavy atom. The van der Waals surface area contributed by atoms with Crippen LogP contribution in [-0.4, -0.2) is 6.26 Å². The molecule has 0 aromatic heterocycles. The number of hydrogen-bond donors (Lipinski definition) is 0. The van der Waals surface area contributed by atoms with Crippen LogP contribution in [0.4, 0.5) is 0 Å². The molecule has 5 aromatic rings. The Kier molecular flexibility index (Phi) is 6.78. The molecule has 7 rings (SSSR count). The van der Waals surface area contributed by atoms with Crippen molar-refractivity contribution in [2.24, 2.45) is 0 Å². The van der Waals surface area contributed by atoms with E-state index in [2.05, 4.69) is 136 Å². The molecule has 0 unspecified atom stereocenters. The number of fused-ring (bicyclic) bond motifs is 8. The molecule has 210 valence electrons. The number of hydrogen-bond acceptors (Lipinski definition) is 2. The minimum Gasteiger partial charge on any atom is -0.472 e. The Hall–Kier alpha value is -3.75. The highest BCUT2D eigenvalue weighted by atomic mass is 32.2. The first-order valence-electron chi connectivity index (χ1n) is 15.4. The third-order valence-corrected chi connectivity index (χ3v) is 10.6. The fourth-order valence-corrected chi connectivity index (χ4v) is 8.39. The highest BCUT2D eigenvalue weighted by Crippen LogP contribution is 2.60. The van der Waals surface area contributed by atoms with Gasteiger partial charge < -0.3 is 4.74 Å². The molecular formula is C40H38OS. The Labute approximate surface area is 254 Å². The molecule has 1 aliphatic carbocycles. The number of aryl methyl sites for hydroxylation is 1. The number of rotatable bonds is 7. The van der Waals surface area contributed by atoms with E-state index in [0.29, 0.717) is 0 Å². The first-order valence-corrected chi connectivity index (χ1v) is 16.6. The summed E-state index contributed by atoms with van der Waals surface area (Å²) in [4.78, 5) is 1.35. The Morgan fingerprint density at radius 3 is 2.00 bits per heavy atom. The van der Waals surface area contributed by atoms with Gasteiger partial charge in [-0.1, -0.05) is 118 Å². The van der Waals surface area contributed by atoms with Gasteiger partial charge in [0.15, 0.2) is 5.60 Å². The molecule has 0 amide bonds. The van der Waals surface area contributed by atoms with Crippen LogP contribution in [0.15, 0.2) is 108 Å². The highest BCUT2D eigenvalue weighted by Gasteiger charge is 2.46. The zero-order valence-corrected chi connectivity index (χ0v) is 25.9. The van der Waals surface area contributed by atoms with Gasteiger partial charge in [-0.3, -0.25) is 0 Å². The molecule has 1 heterocycles. The Morgan fingerprint density at radius 1 is 0.738 bits per heavy atom. The molecule has 0 spiro atoms. The zero-order valence-electron chi connectivity index (χ0n) is 25.0. The van der Waals surface area contributed by atoms with Crippen LogP contribution in [0, 0.1) is 0 Å². The molecule has 1 nitrogen and oxygen atoms in total. The molecule has 0 fully saturated rings. The van der Waals surface area contributed by atoms with E-state index in [4.69, 9.17) is 4.74 Å². The quantitative estimate of drug-likeness (QED) is 0.181. The third-order valence-electron chi connectivity index (χ3n) is 9.77. The lowest BCUT2D eigenvalue weighted by Gasteiger charge is -2.39. The van der Waals surface area contributed by atoms with Crippen molar-refractivity contribution in [3.63, 3.8) is 0 Å². The molecule has 0 saturated carbocycles. The molecule has 1 aliphatic heterocycles. The minimum absolute atomic E-state index is 0.0551. The second-order valence-electron chi connectivity index (χ2n) is 11.7. The van der Waals surface area contributed by atoms with Gasteiger partial charge in [0.2, 0.25) is 0 Å². The minimum atomic E-state index is -0.717.